The van der Waals surface area contributed by atoms with Gasteiger partial charge in [0, 0.05) is 30.0 Å². The quantitative estimate of drug-likeness (QED) is 0.891. The molecule has 0 aliphatic carbocycles. The van der Waals surface area contributed by atoms with Crippen molar-refractivity contribution in [3.05, 3.63) is 30.1 Å². The van der Waals surface area contributed by atoms with Gasteiger partial charge >= 0.3 is 0 Å². The number of hydrogen-bond acceptors (Lipinski definition) is 4. The van der Waals surface area contributed by atoms with E-state index in [-0.39, 0.29) is 24.4 Å². The molecule has 22 heavy (non-hydrogen) atoms. The largest absolute Gasteiger partial charge is 0.366 e. The van der Waals surface area contributed by atoms with Crippen molar-refractivity contribution in [2.75, 3.05) is 5.32 Å². The third kappa shape index (κ3) is 3.87. The Balaban J connectivity index is 2.17. The number of benzene rings is 1. The van der Waals surface area contributed by atoms with Crippen LogP contribution in [0.1, 0.15) is 27.2 Å². The fourth-order valence-corrected chi connectivity index (χ4v) is 2.11. The van der Waals surface area contributed by atoms with E-state index in [4.69, 9.17) is 0 Å². The molecule has 0 unspecified atom stereocenters. The number of anilines is 1. The number of carbonyl (C=O) groups is 1. The summed E-state index contributed by atoms with van der Waals surface area (Å²) in [6, 6.07) is 1.92. The molecule has 2 N–H and O–H groups in total. The number of fused-ring (bicyclic) bond motifs is 1. The van der Waals surface area contributed by atoms with Gasteiger partial charge in [0.15, 0.2) is 11.6 Å². The highest BCUT2D eigenvalue weighted by molar-refractivity contribution is 5.89. The van der Waals surface area contributed by atoms with Gasteiger partial charge in [0.05, 0.1) is 5.52 Å². The van der Waals surface area contributed by atoms with E-state index < -0.39 is 11.6 Å². The molecule has 1 aromatic carbocycles. The average molecular weight is 308 g/mol. The van der Waals surface area contributed by atoms with Crippen molar-refractivity contribution >= 4 is 22.6 Å². The summed E-state index contributed by atoms with van der Waals surface area (Å²) in [4.78, 5) is 19.7. The van der Waals surface area contributed by atoms with E-state index in [1.54, 1.807) is 0 Å². The molecule has 5 nitrogen and oxygen atoms in total. The van der Waals surface area contributed by atoms with E-state index >= 15 is 0 Å². The summed E-state index contributed by atoms with van der Waals surface area (Å²) in [5.74, 6) is -1.64. The first-order valence-corrected chi connectivity index (χ1v) is 7.02. The number of aromatic nitrogens is 2. The molecule has 2 rings (SSSR count). The third-order valence-corrected chi connectivity index (χ3v) is 3.00. The molecule has 1 aromatic heterocycles. The van der Waals surface area contributed by atoms with Crippen LogP contribution in [-0.4, -0.2) is 28.0 Å². The lowest BCUT2D eigenvalue weighted by Gasteiger charge is -2.16. The van der Waals surface area contributed by atoms with Gasteiger partial charge in [-0.3, -0.25) is 4.79 Å². The monoisotopic (exact) mass is 308 g/mol. The molecule has 0 radical (unpaired) electrons. The summed E-state index contributed by atoms with van der Waals surface area (Å²) < 4.78 is 26.6. The Bertz CT molecular complexity index is 691. The first kappa shape index (κ1) is 16.1. The molecule has 0 fully saturated rings. The Hall–Kier alpha value is -2.31. The van der Waals surface area contributed by atoms with Crippen LogP contribution in [0.25, 0.3) is 10.9 Å². The highest BCUT2D eigenvalue weighted by Gasteiger charge is 2.14. The summed E-state index contributed by atoms with van der Waals surface area (Å²) in [6.07, 6.45) is 1.51. The minimum Gasteiger partial charge on any atom is -0.366 e. The Morgan fingerprint density at radius 1 is 1.18 bits per heavy atom. The maximum absolute atomic E-state index is 13.4. The topological polar surface area (TPSA) is 66.9 Å². The molecule has 7 heteroatoms. The molecule has 0 saturated carbocycles. The molecule has 1 amide bonds. The van der Waals surface area contributed by atoms with Crippen molar-refractivity contribution in [3.63, 3.8) is 0 Å². The van der Waals surface area contributed by atoms with Gasteiger partial charge in [-0.2, -0.15) is 0 Å². The Morgan fingerprint density at radius 3 is 2.55 bits per heavy atom. The molecule has 0 spiro atoms. The summed E-state index contributed by atoms with van der Waals surface area (Å²) in [7, 11) is 0. The van der Waals surface area contributed by atoms with Crippen LogP contribution in [0.2, 0.25) is 0 Å². The molecular formula is C15H18F2N4O. The molecule has 0 saturated heterocycles. The van der Waals surface area contributed by atoms with Gasteiger partial charge in [-0.05, 0) is 26.8 Å². The van der Waals surface area contributed by atoms with E-state index in [0.717, 1.165) is 12.1 Å². The van der Waals surface area contributed by atoms with Crippen molar-refractivity contribution in [1.82, 2.24) is 15.3 Å². The standard InChI is InChI=1S/C15H18F2N4O/c1-8(2)20-14(22)4-9(3)21-15-10-5-11(16)12(17)6-13(10)18-7-19-15/h5-9H,4H2,1-3H3,(H,20,22)(H,18,19,21)/t9-/m1/s1. The maximum Gasteiger partial charge on any atom is 0.222 e. The molecule has 2 aromatic rings. The van der Waals surface area contributed by atoms with E-state index in [0.29, 0.717) is 16.7 Å². The second kappa shape index (κ2) is 6.64. The van der Waals surface area contributed by atoms with Gasteiger partial charge in [0.1, 0.15) is 12.1 Å². The van der Waals surface area contributed by atoms with E-state index in [1.807, 2.05) is 20.8 Å². The van der Waals surface area contributed by atoms with E-state index in [1.165, 1.54) is 6.33 Å². The third-order valence-electron chi connectivity index (χ3n) is 3.00. The van der Waals surface area contributed by atoms with Crippen LogP contribution >= 0.6 is 0 Å². The molecule has 0 aliphatic heterocycles. The zero-order chi connectivity index (χ0) is 16.3. The van der Waals surface area contributed by atoms with Crippen LogP contribution < -0.4 is 10.6 Å². The van der Waals surface area contributed by atoms with Crippen LogP contribution in [0.3, 0.4) is 0 Å². The second-order valence-electron chi connectivity index (χ2n) is 5.48. The fourth-order valence-electron chi connectivity index (χ4n) is 2.11. The fraction of sp³-hybridized carbons (Fsp3) is 0.400. The first-order valence-electron chi connectivity index (χ1n) is 7.02. The van der Waals surface area contributed by atoms with Crippen molar-refractivity contribution in [1.29, 1.82) is 0 Å². The van der Waals surface area contributed by atoms with Crippen LogP contribution in [0.5, 0.6) is 0 Å². The number of hydrogen-bond donors (Lipinski definition) is 2. The van der Waals surface area contributed by atoms with Crippen molar-refractivity contribution in [2.24, 2.45) is 0 Å². The van der Waals surface area contributed by atoms with Gasteiger partial charge in [-0.15, -0.1) is 0 Å². The molecule has 1 heterocycles. The number of halogens is 2. The smallest absolute Gasteiger partial charge is 0.222 e. The van der Waals surface area contributed by atoms with Gasteiger partial charge in [0.25, 0.3) is 0 Å². The predicted octanol–water partition coefficient (Wildman–Crippen LogP) is 2.62. The molecule has 0 bridgehead atoms. The van der Waals surface area contributed by atoms with Gasteiger partial charge in [-0.25, -0.2) is 18.7 Å². The highest BCUT2D eigenvalue weighted by atomic mass is 19.2. The lowest BCUT2D eigenvalue weighted by atomic mass is 10.2. The van der Waals surface area contributed by atoms with Gasteiger partial charge < -0.3 is 10.6 Å². The number of rotatable bonds is 5. The molecule has 118 valence electrons. The SMILES string of the molecule is CC(C)NC(=O)C[C@@H](C)Nc1ncnc2cc(F)c(F)cc12. The van der Waals surface area contributed by atoms with Crippen LogP contribution in [0.4, 0.5) is 14.6 Å². The second-order valence-corrected chi connectivity index (χ2v) is 5.48. The summed E-state index contributed by atoms with van der Waals surface area (Å²) in [5.41, 5.74) is 0.301. The highest BCUT2D eigenvalue weighted by Crippen LogP contribution is 2.22. The zero-order valence-electron chi connectivity index (χ0n) is 12.7. The Labute approximate surface area is 127 Å². The molecule has 1 atom stereocenters. The summed E-state index contributed by atoms with van der Waals surface area (Å²) in [5, 5.41) is 6.20. The van der Waals surface area contributed by atoms with Crippen molar-refractivity contribution in [2.45, 2.75) is 39.3 Å². The summed E-state index contributed by atoms with van der Waals surface area (Å²) >= 11 is 0. The Kier molecular flexibility index (Phi) is 4.85. The normalized spacial score (nSPS) is 12.5. The number of nitrogens with zero attached hydrogens (tertiary/aromatic N) is 2. The van der Waals surface area contributed by atoms with Crippen molar-refractivity contribution < 1.29 is 13.6 Å². The minimum atomic E-state index is -0.962. The Morgan fingerprint density at radius 2 is 1.86 bits per heavy atom. The first-order chi connectivity index (χ1) is 10.4. The van der Waals surface area contributed by atoms with Crippen molar-refractivity contribution in [3.8, 4) is 0 Å². The van der Waals surface area contributed by atoms with E-state index in [2.05, 4.69) is 20.6 Å². The maximum atomic E-state index is 13.4. The van der Waals surface area contributed by atoms with Crippen LogP contribution in [0, 0.1) is 11.6 Å². The van der Waals surface area contributed by atoms with Gasteiger partial charge in [-0.1, -0.05) is 0 Å². The molecular weight excluding hydrogens is 290 g/mol. The minimum absolute atomic E-state index is 0.0663. The average Bonchev–Trinajstić information content (AvgIpc) is 2.39. The van der Waals surface area contributed by atoms with Gasteiger partial charge in [0.2, 0.25) is 5.91 Å². The lowest BCUT2D eigenvalue weighted by Crippen LogP contribution is -2.34. The summed E-state index contributed by atoms with van der Waals surface area (Å²) in [6.45, 7) is 5.57. The number of carbonyl (C=O) groups excluding carboxylic acids is 1. The molecule has 0 aliphatic rings. The van der Waals surface area contributed by atoms with Crippen LogP contribution in [-0.2, 0) is 4.79 Å². The number of amides is 1. The van der Waals surface area contributed by atoms with Crippen LogP contribution in [0.15, 0.2) is 18.5 Å². The predicted molar refractivity (Wildman–Crippen MR) is 80.4 cm³/mol. The zero-order valence-corrected chi connectivity index (χ0v) is 12.7. The lowest BCUT2D eigenvalue weighted by molar-refractivity contribution is -0.121. The van der Waals surface area contributed by atoms with E-state index in [9.17, 15) is 13.6 Å². The number of nitrogens with one attached hydrogen (secondary N) is 2.